The first-order valence-corrected chi connectivity index (χ1v) is 7.72. The molecule has 0 spiro atoms. The molecule has 0 fully saturated rings. The molecule has 5 nitrogen and oxygen atoms in total. The Kier molecular flexibility index (Phi) is 4.39. The maximum absolute atomic E-state index is 12.3. The molecule has 2 aromatic carbocycles. The van der Waals surface area contributed by atoms with Crippen LogP contribution in [0.5, 0.6) is 0 Å². The highest BCUT2D eigenvalue weighted by molar-refractivity contribution is 5.87. The predicted octanol–water partition coefficient (Wildman–Crippen LogP) is 2.44. The summed E-state index contributed by atoms with van der Waals surface area (Å²) in [7, 11) is 0. The Morgan fingerprint density at radius 2 is 2.04 bits per heavy atom. The lowest BCUT2D eigenvalue weighted by Crippen LogP contribution is -2.34. The smallest absolute Gasteiger partial charge is 0.241 e. The molecule has 0 aliphatic heterocycles. The number of fused-ring (bicyclic) bond motifs is 1. The molecule has 0 aliphatic rings. The van der Waals surface area contributed by atoms with Gasteiger partial charge in [0.15, 0.2) is 0 Å². The Morgan fingerprint density at radius 3 is 2.83 bits per heavy atom. The summed E-state index contributed by atoms with van der Waals surface area (Å²) in [6.45, 7) is 2.46. The number of nitrogens with one attached hydrogen (secondary N) is 2. The molecule has 0 saturated carbocycles. The molecule has 3 aromatic rings. The number of amides is 1. The van der Waals surface area contributed by atoms with Crippen molar-refractivity contribution in [3.63, 3.8) is 0 Å². The number of hydrogen-bond donors (Lipinski definition) is 3. The highest BCUT2D eigenvalue weighted by atomic mass is 16.2. The largest absolute Gasteiger partial charge is 0.349 e. The van der Waals surface area contributed by atoms with Gasteiger partial charge in [-0.2, -0.15) is 5.10 Å². The number of carbonyl (C=O) groups is 1. The maximum Gasteiger partial charge on any atom is 0.241 e. The molecule has 118 valence electrons. The van der Waals surface area contributed by atoms with Crippen molar-refractivity contribution in [2.24, 2.45) is 5.73 Å². The van der Waals surface area contributed by atoms with Gasteiger partial charge in [-0.05, 0) is 34.4 Å². The van der Waals surface area contributed by atoms with Crippen molar-refractivity contribution in [3.8, 4) is 0 Å². The van der Waals surface area contributed by atoms with E-state index in [2.05, 4.69) is 22.4 Å². The van der Waals surface area contributed by atoms with Crippen LogP contribution in [0.15, 0.2) is 48.7 Å². The molecule has 1 aromatic heterocycles. The number of nitrogens with zero attached hydrogens (tertiary/aromatic N) is 1. The van der Waals surface area contributed by atoms with Crippen molar-refractivity contribution in [1.29, 1.82) is 0 Å². The number of aryl methyl sites for hydroxylation is 1. The zero-order valence-corrected chi connectivity index (χ0v) is 13.0. The van der Waals surface area contributed by atoms with Crippen LogP contribution in [-0.2, 0) is 17.8 Å². The van der Waals surface area contributed by atoms with Gasteiger partial charge in [-0.1, -0.05) is 43.3 Å². The normalized spacial score (nSPS) is 12.3. The van der Waals surface area contributed by atoms with Gasteiger partial charge in [0.1, 0.15) is 6.04 Å². The Balaban J connectivity index is 1.70. The number of rotatable bonds is 5. The van der Waals surface area contributed by atoms with E-state index < -0.39 is 6.04 Å². The van der Waals surface area contributed by atoms with E-state index in [9.17, 15) is 4.79 Å². The predicted molar refractivity (Wildman–Crippen MR) is 90.7 cm³/mol. The van der Waals surface area contributed by atoms with Crippen LogP contribution < -0.4 is 11.1 Å². The molecule has 3 rings (SSSR count). The van der Waals surface area contributed by atoms with Gasteiger partial charge in [-0.15, -0.1) is 0 Å². The zero-order chi connectivity index (χ0) is 16.2. The van der Waals surface area contributed by atoms with Crippen LogP contribution in [0.3, 0.4) is 0 Å². The van der Waals surface area contributed by atoms with E-state index in [4.69, 9.17) is 5.73 Å². The molecule has 1 atom stereocenters. The van der Waals surface area contributed by atoms with E-state index in [0.717, 1.165) is 34.0 Å². The fraction of sp³-hybridized carbons (Fsp3) is 0.222. The Labute approximate surface area is 134 Å². The van der Waals surface area contributed by atoms with Crippen LogP contribution in [0.1, 0.15) is 29.8 Å². The summed E-state index contributed by atoms with van der Waals surface area (Å²) in [6, 6.07) is 13.2. The van der Waals surface area contributed by atoms with Crippen LogP contribution >= 0.6 is 0 Å². The van der Waals surface area contributed by atoms with E-state index in [1.54, 1.807) is 6.20 Å². The van der Waals surface area contributed by atoms with E-state index in [-0.39, 0.29) is 5.91 Å². The first-order chi connectivity index (χ1) is 11.2. The van der Waals surface area contributed by atoms with Gasteiger partial charge in [0.05, 0.1) is 18.4 Å². The van der Waals surface area contributed by atoms with Crippen molar-refractivity contribution in [3.05, 3.63) is 65.5 Å². The minimum Gasteiger partial charge on any atom is -0.349 e. The number of benzene rings is 2. The quantitative estimate of drug-likeness (QED) is 0.677. The van der Waals surface area contributed by atoms with Gasteiger partial charge in [0.25, 0.3) is 0 Å². The molecule has 1 amide bonds. The fourth-order valence-electron chi connectivity index (χ4n) is 2.63. The lowest BCUT2D eigenvalue weighted by molar-refractivity contribution is -0.122. The minimum absolute atomic E-state index is 0.197. The van der Waals surface area contributed by atoms with Crippen LogP contribution in [0.2, 0.25) is 0 Å². The van der Waals surface area contributed by atoms with E-state index in [1.807, 2.05) is 42.5 Å². The SMILES string of the molecule is CCc1cn[nH]c1CNC(=O)C(N)c1ccc2ccccc2c1. The molecule has 1 unspecified atom stereocenters. The lowest BCUT2D eigenvalue weighted by Gasteiger charge is -2.13. The molecule has 23 heavy (non-hydrogen) atoms. The maximum atomic E-state index is 12.3. The summed E-state index contributed by atoms with van der Waals surface area (Å²) < 4.78 is 0. The Morgan fingerprint density at radius 1 is 1.26 bits per heavy atom. The number of carbonyl (C=O) groups excluding carboxylic acids is 1. The molecule has 4 N–H and O–H groups in total. The summed E-state index contributed by atoms with van der Waals surface area (Å²) in [5, 5.41) is 12.0. The number of nitrogens with two attached hydrogens (primary N) is 1. The monoisotopic (exact) mass is 308 g/mol. The second-order valence-corrected chi connectivity index (χ2v) is 5.53. The second-order valence-electron chi connectivity index (χ2n) is 5.53. The van der Waals surface area contributed by atoms with E-state index in [0.29, 0.717) is 6.54 Å². The molecule has 5 heteroatoms. The van der Waals surface area contributed by atoms with Crippen molar-refractivity contribution in [2.45, 2.75) is 25.9 Å². The van der Waals surface area contributed by atoms with Gasteiger partial charge in [-0.3, -0.25) is 9.89 Å². The number of aromatic nitrogens is 2. The van der Waals surface area contributed by atoms with Crippen molar-refractivity contribution < 1.29 is 4.79 Å². The average Bonchev–Trinajstić information content (AvgIpc) is 3.06. The summed E-state index contributed by atoms with van der Waals surface area (Å²) in [5.74, 6) is -0.197. The Hall–Kier alpha value is -2.66. The summed E-state index contributed by atoms with van der Waals surface area (Å²) in [4.78, 5) is 12.3. The molecule has 0 bridgehead atoms. The van der Waals surface area contributed by atoms with Gasteiger partial charge in [-0.25, -0.2) is 0 Å². The van der Waals surface area contributed by atoms with Crippen LogP contribution in [0.25, 0.3) is 10.8 Å². The van der Waals surface area contributed by atoms with Gasteiger partial charge in [0, 0.05) is 0 Å². The summed E-state index contributed by atoms with van der Waals surface area (Å²) in [5.41, 5.74) is 8.93. The molecule has 0 radical (unpaired) electrons. The number of H-pyrrole nitrogens is 1. The standard InChI is InChI=1S/C18H20N4O/c1-2-12-10-21-22-16(12)11-20-18(23)17(19)15-8-7-13-5-3-4-6-14(13)9-15/h3-10,17H,2,11,19H2,1H3,(H,20,23)(H,21,22). The molecule has 0 saturated heterocycles. The topological polar surface area (TPSA) is 83.8 Å². The van der Waals surface area contributed by atoms with Crippen LogP contribution in [0, 0.1) is 0 Å². The first-order valence-electron chi connectivity index (χ1n) is 7.72. The van der Waals surface area contributed by atoms with Gasteiger partial charge < -0.3 is 11.1 Å². The zero-order valence-electron chi connectivity index (χ0n) is 13.0. The second kappa shape index (κ2) is 6.62. The third-order valence-electron chi connectivity index (χ3n) is 4.04. The lowest BCUT2D eigenvalue weighted by atomic mass is 10.0. The summed E-state index contributed by atoms with van der Waals surface area (Å²) >= 11 is 0. The van der Waals surface area contributed by atoms with Crippen LogP contribution in [0.4, 0.5) is 0 Å². The van der Waals surface area contributed by atoms with E-state index in [1.165, 1.54) is 0 Å². The molecule has 1 heterocycles. The fourth-order valence-corrected chi connectivity index (χ4v) is 2.63. The van der Waals surface area contributed by atoms with Gasteiger partial charge >= 0.3 is 0 Å². The number of aromatic amines is 1. The highest BCUT2D eigenvalue weighted by Crippen LogP contribution is 2.19. The Bertz CT molecular complexity index is 825. The minimum atomic E-state index is -0.687. The molecular formula is C18H20N4O. The number of hydrogen-bond acceptors (Lipinski definition) is 3. The van der Waals surface area contributed by atoms with Crippen molar-refractivity contribution in [1.82, 2.24) is 15.5 Å². The van der Waals surface area contributed by atoms with Crippen molar-refractivity contribution >= 4 is 16.7 Å². The summed E-state index contributed by atoms with van der Waals surface area (Å²) in [6.07, 6.45) is 2.66. The average molecular weight is 308 g/mol. The van der Waals surface area contributed by atoms with Gasteiger partial charge in [0.2, 0.25) is 5.91 Å². The van der Waals surface area contributed by atoms with Crippen LogP contribution in [-0.4, -0.2) is 16.1 Å². The first kappa shape index (κ1) is 15.2. The molecular weight excluding hydrogens is 288 g/mol. The molecule has 0 aliphatic carbocycles. The third kappa shape index (κ3) is 3.24. The van der Waals surface area contributed by atoms with Crippen molar-refractivity contribution in [2.75, 3.05) is 0 Å². The third-order valence-corrected chi connectivity index (χ3v) is 4.04. The highest BCUT2D eigenvalue weighted by Gasteiger charge is 2.16. The van der Waals surface area contributed by atoms with E-state index >= 15 is 0 Å².